The van der Waals surface area contributed by atoms with Crippen LogP contribution in [0.3, 0.4) is 0 Å². The number of carboxylic acid groups (broad SMARTS) is 1. The number of rotatable bonds is 8. The Kier molecular flexibility index (Phi) is 9.27. The molecule has 1 N–H and O–H groups in total. The molecule has 2 atom stereocenters. The first-order valence-electron chi connectivity index (χ1n) is 8.74. The topological polar surface area (TPSA) is 81.7 Å². The molecule has 1 amide bonds. The van der Waals surface area contributed by atoms with Crippen molar-refractivity contribution in [1.82, 2.24) is 10.2 Å². The normalized spacial score (nSPS) is 20.4. The van der Waals surface area contributed by atoms with Crippen LogP contribution < -0.4 is 40.0 Å². The number of hydrogen-bond donors (Lipinski definition) is 1. The van der Waals surface area contributed by atoms with Crippen LogP contribution in [0.5, 0.6) is 0 Å². The van der Waals surface area contributed by atoms with Gasteiger partial charge in [-0.2, -0.15) is 0 Å². The van der Waals surface area contributed by atoms with E-state index in [9.17, 15) is 14.7 Å². The van der Waals surface area contributed by atoms with E-state index in [1.807, 2.05) is 51.1 Å². The average Bonchev–Trinajstić information content (AvgIpc) is 2.97. The van der Waals surface area contributed by atoms with Gasteiger partial charge in [-0.3, -0.25) is 9.69 Å². The van der Waals surface area contributed by atoms with Crippen LogP contribution in [0.15, 0.2) is 30.3 Å². The van der Waals surface area contributed by atoms with Crippen molar-refractivity contribution in [2.75, 3.05) is 13.2 Å². The van der Waals surface area contributed by atoms with Gasteiger partial charge in [0.1, 0.15) is 0 Å². The molecule has 0 radical (unpaired) electrons. The van der Waals surface area contributed by atoms with Crippen molar-refractivity contribution in [3.63, 3.8) is 0 Å². The van der Waals surface area contributed by atoms with E-state index in [0.29, 0.717) is 32.6 Å². The van der Waals surface area contributed by atoms with Crippen molar-refractivity contribution in [1.29, 1.82) is 0 Å². The summed E-state index contributed by atoms with van der Waals surface area (Å²) in [7, 11) is 0. The zero-order valence-corrected chi connectivity index (χ0v) is 18.2. The van der Waals surface area contributed by atoms with Crippen LogP contribution in [0.4, 0.5) is 0 Å². The summed E-state index contributed by atoms with van der Waals surface area (Å²) >= 11 is 0. The second-order valence-corrected chi connectivity index (χ2v) is 7.10. The minimum absolute atomic E-state index is 0. The number of likely N-dealkylation sites (tertiary alicyclic amines) is 1. The standard InChI is InChI=1S/C19H28N2O4.Na/c1-4-25-13-19(2,3)20-17(22)15-10-11-16(18(23)24)21(15)12-14-8-6-5-7-9-14;/h5-9,15-16H,4,10-13H2,1-3H3,(H,20,22)(H,23,24);/q;+1/p-1. The molecule has 0 aliphatic carbocycles. The SMILES string of the molecule is CCOCC(C)(C)NC(=O)C1CCC(C(=O)[O-])N1Cc1ccccc1.[Na+]. The molecule has 0 bridgehead atoms. The maximum absolute atomic E-state index is 12.8. The summed E-state index contributed by atoms with van der Waals surface area (Å²) in [4.78, 5) is 26.0. The van der Waals surface area contributed by atoms with Gasteiger partial charge in [0.15, 0.2) is 0 Å². The number of hydrogen-bond acceptors (Lipinski definition) is 5. The van der Waals surface area contributed by atoms with Gasteiger partial charge in [0, 0.05) is 13.2 Å². The van der Waals surface area contributed by atoms with Crippen molar-refractivity contribution in [3.8, 4) is 0 Å². The Bertz CT molecular complexity index is 594. The van der Waals surface area contributed by atoms with E-state index in [-0.39, 0.29) is 35.5 Å². The number of nitrogens with one attached hydrogen (secondary N) is 1. The molecule has 6 nitrogen and oxygen atoms in total. The van der Waals surface area contributed by atoms with Crippen LogP contribution in [-0.4, -0.2) is 47.6 Å². The average molecular weight is 370 g/mol. The third-order valence-electron chi connectivity index (χ3n) is 4.43. The van der Waals surface area contributed by atoms with Gasteiger partial charge >= 0.3 is 29.6 Å². The molecule has 2 rings (SSSR count). The summed E-state index contributed by atoms with van der Waals surface area (Å²) in [6.45, 7) is 7.09. The Balaban J connectivity index is 0.00000338. The van der Waals surface area contributed by atoms with E-state index in [4.69, 9.17) is 4.74 Å². The molecule has 1 aromatic carbocycles. The largest absolute Gasteiger partial charge is 1.00 e. The minimum atomic E-state index is -1.13. The molecule has 1 heterocycles. The van der Waals surface area contributed by atoms with Crippen molar-refractivity contribution < 1.29 is 49.0 Å². The summed E-state index contributed by atoms with van der Waals surface area (Å²) in [6, 6.07) is 8.34. The Labute approximate surface area is 177 Å². The summed E-state index contributed by atoms with van der Waals surface area (Å²) in [6.07, 6.45) is 0.918. The Morgan fingerprint density at radius 1 is 1.23 bits per heavy atom. The zero-order valence-electron chi connectivity index (χ0n) is 16.2. The first-order valence-corrected chi connectivity index (χ1v) is 8.74. The maximum atomic E-state index is 12.8. The van der Waals surface area contributed by atoms with E-state index < -0.39 is 23.6 Å². The Hall–Kier alpha value is -0.920. The van der Waals surface area contributed by atoms with Crippen LogP contribution in [0, 0.1) is 0 Å². The van der Waals surface area contributed by atoms with Crippen LogP contribution in [0.2, 0.25) is 0 Å². The first kappa shape index (κ1) is 23.1. The van der Waals surface area contributed by atoms with Gasteiger partial charge < -0.3 is 20.0 Å². The molecule has 138 valence electrons. The van der Waals surface area contributed by atoms with Gasteiger partial charge in [0.05, 0.1) is 30.2 Å². The number of amides is 1. The van der Waals surface area contributed by atoms with E-state index in [2.05, 4.69) is 5.32 Å². The molecule has 0 aromatic heterocycles. The summed E-state index contributed by atoms with van der Waals surface area (Å²) in [5, 5.41) is 14.5. The van der Waals surface area contributed by atoms with Crippen LogP contribution >= 0.6 is 0 Å². The second-order valence-electron chi connectivity index (χ2n) is 7.10. The molecule has 1 aromatic rings. The predicted octanol–water partition coefficient (Wildman–Crippen LogP) is -2.30. The fourth-order valence-corrected chi connectivity index (χ4v) is 3.22. The Morgan fingerprint density at radius 3 is 2.42 bits per heavy atom. The number of nitrogens with zero attached hydrogens (tertiary/aromatic N) is 1. The van der Waals surface area contributed by atoms with E-state index in [1.165, 1.54) is 0 Å². The quantitative estimate of drug-likeness (QED) is 0.521. The third kappa shape index (κ3) is 6.35. The van der Waals surface area contributed by atoms with Gasteiger partial charge in [-0.05, 0) is 39.2 Å². The molecule has 1 aliphatic heterocycles. The summed E-state index contributed by atoms with van der Waals surface area (Å²) in [5.74, 6) is -1.29. The van der Waals surface area contributed by atoms with Gasteiger partial charge in [0.2, 0.25) is 5.91 Å². The number of carboxylic acids is 1. The van der Waals surface area contributed by atoms with E-state index >= 15 is 0 Å². The van der Waals surface area contributed by atoms with Crippen molar-refractivity contribution in [3.05, 3.63) is 35.9 Å². The van der Waals surface area contributed by atoms with Crippen LogP contribution in [0.25, 0.3) is 0 Å². The van der Waals surface area contributed by atoms with Gasteiger partial charge in [-0.15, -0.1) is 0 Å². The van der Waals surface area contributed by atoms with Gasteiger partial charge in [0.25, 0.3) is 0 Å². The van der Waals surface area contributed by atoms with Gasteiger partial charge in [-0.25, -0.2) is 0 Å². The predicted molar refractivity (Wildman–Crippen MR) is 92.5 cm³/mol. The molecular weight excluding hydrogens is 343 g/mol. The number of aliphatic carboxylic acids is 1. The van der Waals surface area contributed by atoms with Crippen LogP contribution in [-0.2, 0) is 20.9 Å². The van der Waals surface area contributed by atoms with Gasteiger partial charge in [-0.1, -0.05) is 30.3 Å². The molecule has 26 heavy (non-hydrogen) atoms. The smallest absolute Gasteiger partial charge is 0.548 e. The molecule has 1 aliphatic rings. The fourth-order valence-electron chi connectivity index (χ4n) is 3.22. The third-order valence-corrected chi connectivity index (χ3v) is 4.43. The Morgan fingerprint density at radius 2 is 1.85 bits per heavy atom. The summed E-state index contributed by atoms with van der Waals surface area (Å²) < 4.78 is 5.41. The molecular formula is C19H27N2NaO4. The van der Waals surface area contributed by atoms with Crippen molar-refractivity contribution in [2.24, 2.45) is 0 Å². The molecule has 0 saturated carbocycles. The fraction of sp³-hybridized carbons (Fsp3) is 0.579. The number of benzene rings is 1. The molecule has 0 spiro atoms. The minimum Gasteiger partial charge on any atom is -0.548 e. The molecule has 1 saturated heterocycles. The monoisotopic (exact) mass is 370 g/mol. The van der Waals surface area contributed by atoms with E-state index in [1.54, 1.807) is 4.90 Å². The van der Waals surface area contributed by atoms with Crippen LogP contribution in [0.1, 0.15) is 39.2 Å². The summed E-state index contributed by atoms with van der Waals surface area (Å²) in [5.41, 5.74) is 0.465. The number of carbonyl (C=O) groups excluding carboxylic acids is 2. The van der Waals surface area contributed by atoms with E-state index in [0.717, 1.165) is 5.56 Å². The molecule has 1 fully saturated rings. The van der Waals surface area contributed by atoms with Crippen molar-refractivity contribution in [2.45, 2.75) is 57.8 Å². The first-order chi connectivity index (χ1) is 11.8. The zero-order chi connectivity index (χ0) is 18.4. The maximum Gasteiger partial charge on any atom is 1.00 e. The second kappa shape index (κ2) is 10.4. The molecule has 7 heteroatoms. The van der Waals surface area contributed by atoms with Crippen molar-refractivity contribution >= 4 is 11.9 Å². The molecule has 2 unspecified atom stereocenters. The number of ether oxygens (including phenoxy) is 1. The number of carbonyl (C=O) groups is 2.